The summed E-state index contributed by atoms with van der Waals surface area (Å²) in [5, 5.41) is 0.588. The second kappa shape index (κ2) is 6.48. The van der Waals surface area contributed by atoms with Crippen molar-refractivity contribution in [1.29, 1.82) is 0 Å². The van der Waals surface area contributed by atoms with Gasteiger partial charge in [-0.1, -0.05) is 55.8 Å². The van der Waals surface area contributed by atoms with Gasteiger partial charge in [0.25, 0.3) is 5.56 Å². The third-order valence-electron chi connectivity index (χ3n) is 4.10. The van der Waals surface area contributed by atoms with E-state index in [-0.39, 0.29) is 17.2 Å². The van der Waals surface area contributed by atoms with E-state index in [2.05, 4.69) is 6.07 Å². The van der Waals surface area contributed by atoms with Gasteiger partial charge in [-0.15, -0.1) is 0 Å². The van der Waals surface area contributed by atoms with Crippen molar-refractivity contribution >= 4 is 10.9 Å². The minimum atomic E-state index is -0.242. The first-order valence-electron chi connectivity index (χ1n) is 8.25. The first-order chi connectivity index (χ1) is 11.5. The number of hydrogen-bond donors (Lipinski definition) is 0. The Labute approximate surface area is 141 Å². The molecule has 0 bridgehead atoms. The molecule has 0 atom stereocenters. The molecule has 0 aliphatic rings. The Bertz CT molecular complexity index is 996. The minimum Gasteiger partial charge on any atom is -0.289 e. The first-order valence-corrected chi connectivity index (χ1v) is 8.25. The van der Waals surface area contributed by atoms with Gasteiger partial charge in [0, 0.05) is 6.54 Å². The summed E-state index contributed by atoms with van der Waals surface area (Å²) in [6.07, 6.45) is 0. The van der Waals surface area contributed by atoms with Crippen molar-refractivity contribution in [3.63, 3.8) is 0 Å². The number of benzene rings is 2. The monoisotopic (exact) mass is 322 g/mol. The Morgan fingerprint density at radius 1 is 0.958 bits per heavy atom. The maximum atomic E-state index is 13.0. The van der Waals surface area contributed by atoms with Crippen LogP contribution in [-0.2, 0) is 13.1 Å². The lowest BCUT2D eigenvalue weighted by atomic mass is 10.1. The zero-order valence-corrected chi connectivity index (χ0v) is 14.3. The van der Waals surface area contributed by atoms with E-state index in [0.717, 1.165) is 11.1 Å². The second-order valence-corrected chi connectivity index (χ2v) is 6.68. The summed E-state index contributed by atoms with van der Waals surface area (Å²) in [4.78, 5) is 25.6. The molecule has 0 saturated carbocycles. The van der Waals surface area contributed by atoms with Crippen molar-refractivity contribution in [2.45, 2.75) is 33.9 Å². The van der Waals surface area contributed by atoms with Gasteiger partial charge in [-0.05, 0) is 30.5 Å². The highest BCUT2D eigenvalue weighted by Gasteiger charge is 2.14. The predicted molar refractivity (Wildman–Crippen MR) is 97.6 cm³/mol. The Morgan fingerprint density at radius 3 is 2.42 bits per heavy atom. The Morgan fingerprint density at radius 2 is 1.71 bits per heavy atom. The van der Waals surface area contributed by atoms with E-state index < -0.39 is 0 Å². The Hall–Kier alpha value is -2.62. The van der Waals surface area contributed by atoms with Gasteiger partial charge in [-0.25, -0.2) is 4.79 Å². The summed E-state index contributed by atoms with van der Waals surface area (Å²) in [5.74, 6) is 0.226. The maximum absolute atomic E-state index is 13.0. The number of aryl methyl sites for hydroxylation is 1. The molecule has 1 heterocycles. The fourth-order valence-corrected chi connectivity index (χ4v) is 3.04. The van der Waals surface area contributed by atoms with Gasteiger partial charge in [-0.2, -0.15) is 0 Å². The van der Waals surface area contributed by atoms with E-state index >= 15 is 0 Å². The molecule has 2 aromatic carbocycles. The van der Waals surface area contributed by atoms with Gasteiger partial charge < -0.3 is 0 Å². The Balaban J connectivity index is 2.25. The summed E-state index contributed by atoms with van der Waals surface area (Å²) < 4.78 is 3.07. The molecule has 3 aromatic rings. The highest BCUT2D eigenvalue weighted by Crippen LogP contribution is 2.12. The van der Waals surface area contributed by atoms with Crippen molar-refractivity contribution in [3.8, 4) is 0 Å². The summed E-state index contributed by atoms with van der Waals surface area (Å²) in [5.41, 5.74) is 2.45. The summed E-state index contributed by atoms with van der Waals surface area (Å²) >= 11 is 0. The normalized spacial score (nSPS) is 11.3. The molecular formula is C20H22N2O2. The molecule has 24 heavy (non-hydrogen) atoms. The lowest BCUT2D eigenvalue weighted by Gasteiger charge is -2.15. The van der Waals surface area contributed by atoms with Gasteiger partial charge in [0.2, 0.25) is 0 Å². The molecule has 1 aromatic heterocycles. The number of para-hydroxylation sites is 1. The maximum Gasteiger partial charge on any atom is 0.331 e. The quantitative estimate of drug-likeness (QED) is 0.740. The first kappa shape index (κ1) is 16.2. The third kappa shape index (κ3) is 3.04. The zero-order chi connectivity index (χ0) is 17.3. The molecule has 0 saturated heterocycles. The van der Waals surface area contributed by atoms with Crippen molar-refractivity contribution in [3.05, 3.63) is 80.5 Å². The molecule has 0 fully saturated rings. The van der Waals surface area contributed by atoms with Crippen LogP contribution in [0, 0.1) is 12.8 Å². The van der Waals surface area contributed by atoms with Crippen LogP contribution in [0.25, 0.3) is 10.9 Å². The molecule has 0 radical (unpaired) electrons. The van der Waals surface area contributed by atoms with Crippen LogP contribution in [0.1, 0.15) is 25.0 Å². The SMILES string of the molecule is Cc1cccc(Cn2c(=O)n(CC(C)C)c(=O)c3ccccc32)c1. The number of nitrogens with zero attached hydrogens (tertiary/aromatic N) is 2. The lowest BCUT2D eigenvalue weighted by Crippen LogP contribution is -2.41. The van der Waals surface area contributed by atoms with E-state index in [1.54, 1.807) is 10.6 Å². The van der Waals surface area contributed by atoms with Crippen molar-refractivity contribution in [2.24, 2.45) is 5.92 Å². The van der Waals surface area contributed by atoms with Gasteiger partial charge >= 0.3 is 5.69 Å². The van der Waals surface area contributed by atoms with E-state index in [1.165, 1.54) is 4.57 Å². The average molecular weight is 322 g/mol. The Kier molecular flexibility index (Phi) is 4.38. The fraction of sp³-hybridized carbons (Fsp3) is 0.300. The molecule has 4 nitrogen and oxygen atoms in total. The molecule has 0 spiro atoms. The van der Waals surface area contributed by atoms with Crippen LogP contribution >= 0.6 is 0 Å². The van der Waals surface area contributed by atoms with E-state index in [9.17, 15) is 9.59 Å². The molecule has 3 rings (SSSR count). The standard InChI is InChI=1S/C20H22N2O2/c1-14(2)12-22-19(23)17-9-4-5-10-18(17)21(20(22)24)13-16-8-6-7-15(3)11-16/h4-11,14H,12-13H2,1-3H3. The topological polar surface area (TPSA) is 44.0 Å². The largest absolute Gasteiger partial charge is 0.331 e. The van der Waals surface area contributed by atoms with Crippen LogP contribution in [0.3, 0.4) is 0 Å². The predicted octanol–water partition coefficient (Wildman–Crippen LogP) is 3.18. The molecule has 124 valence electrons. The van der Waals surface area contributed by atoms with Crippen LogP contribution in [0.15, 0.2) is 58.1 Å². The summed E-state index contributed by atoms with van der Waals surface area (Å²) in [6.45, 7) is 6.93. The summed E-state index contributed by atoms with van der Waals surface area (Å²) in [7, 11) is 0. The molecule has 4 heteroatoms. The molecule has 0 aliphatic carbocycles. The molecule has 0 unspecified atom stereocenters. The number of aromatic nitrogens is 2. The van der Waals surface area contributed by atoms with Gasteiger partial charge in [-0.3, -0.25) is 13.9 Å². The van der Waals surface area contributed by atoms with E-state index in [0.29, 0.717) is 24.0 Å². The van der Waals surface area contributed by atoms with Crippen LogP contribution in [-0.4, -0.2) is 9.13 Å². The lowest BCUT2D eigenvalue weighted by molar-refractivity contribution is 0.481. The van der Waals surface area contributed by atoms with Crippen LogP contribution in [0.2, 0.25) is 0 Å². The highest BCUT2D eigenvalue weighted by atomic mass is 16.2. The van der Waals surface area contributed by atoms with Crippen molar-refractivity contribution in [2.75, 3.05) is 0 Å². The minimum absolute atomic E-state index is 0.204. The number of rotatable bonds is 4. The molecular weight excluding hydrogens is 300 g/mol. The van der Waals surface area contributed by atoms with Gasteiger partial charge in [0.05, 0.1) is 17.4 Å². The van der Waals surface area contributed by atoms with E-state index in [1.807, 2.05) is 57.2 Å². The van der Waals surface area contributed by atoms with Gasteiger partial charge in [0.1, 0.15) is 0 Å². The zero-order valence-electron chi connectivity index (χ0n) is 14.3. The van der Waals surface area contributed by atoms with Crippen LogP contribution < -0.4 is 11.2 Å². The van der Waals surface area contributed by atoms with Gasteiger partial charge in [0.15, 0.2) is 0 Å². The number of hydrogen-bond acceptors (Lipinski definition) is 2. The van der Waals surface area contributed by atoms with Crippen LogP contribution in [0.5, 0.6) is 0 Å². The van der Waals surface area contributed by atoms with E-state index in [4.69, 9.17) is 0 Å². The van der Waals surface area contributed by atoms with Crippen molar-refractivity contribution in [1.82, 2.24) is 9.13 Å². The average Bonchev–Trinajstić information content (AvgIpc) is 2.55. The molecule has 0 amide bonds. The summed E-state index contributed by atoms with van der Waals surface area (Å²) in [6, 6.07) is 15.4. The molecule has 0 N–H and O–H groups in total. The van der Waals surface area contributed by atoms with Crippen molar-refractivity contribution < 1.29 is 0 Å². The third-order valence-corrected chi connectivity index (χ3v) is 4.10. The molecule has 0 aliphatic heterocycles. The highest BCUT2D eigenvalue weighted by molar-refractivity contribution is 5.77. The second-order valence-electron chi connectivity index (χ2n) is 6.68. The number of fused-ring (bicyclic) bond motifs is 1. The smallest absolute Gasteiger partial charge is 0.289 e. The van der Waals surface area contributed by atoms with Crippen LogP contribution in [0.4, 0.5) is 0 Å². The fourth-order valence-electron chi connectivity index (χ4n) is 3.04.